The molecule has 1 aliphatic heterocycles. The lowest BCUT2D eigenvalue weighted by Gasteiger charge is -2.31. The van der Waals surface area contributed by atoms with Gasteiger partial charge in [-0.25, -0.2) is 9.38 Å². The topological polar surface area (TPSA) is 59.9 Å². The van der Waals surface area contributed by atoms with Crippen molar-refractivity contribution < 1.29 is 9.50 Å². The normalized spacial score (nSPS) is 14.9. The molecule has 0 aromatic heterocycles. The Labute approximate surface area is 199 Å². The first-order valence-electron chi connectivity index (χ1n) is 10.0. The zero-order chi connectivity index (χ0) is 20.6. The molecule has 2 aromatic rings. The number of aliphatic imine (C=N–C) groups is 1. The van der Waals surface area contributed by atoms with E-state index in [9.17, 15) is 9.50 Å². The van der Waals surface area contributed by atoms with Crippen LogP contribution in [0.4, 0.5) is 10.1 Å². The Kier molecular flexibility index (Phi) is 10.1. The van der Waals surface area contributed by atoms with E-state index in [-0.39, 0.29) is 35.9 Å². The van der Waals surface area contributed by atoms with Gasteiger partial charge in [0.15, 0.2) is 5.96 Å². The highest BCUT2D eigenvalue weighted by molar-refractivity contribution is 14.0. The Morgan fingerprint density at radius 3 is 2.60 bits per heavy atom. The van der Waals surface area contributed by atoms with Crippen molar-refractivity contribution in [2.75, 3.05) is 24.5 Å². The molecule has 3 N–H and O–H groups in total. The molecule has 0 atom stereocenters. The van der Waals surface area contributed by atoms with Gasteiger partial charge in [-0.05, 0) is 55.2 Å². The smallest absolute Gasteiger partial charge is 0.191 e. The van der Waals surface area contributed by atoms with Crippen molar-refractivity contribution in [2.45, 2.75) is 39.0 Å². The third-order valence-electron chi connectivity index (χ3n) is 4.93. The summed E-state index contributed by atoms with van der Waals surface area (Å²) >= 11 is 6.02. The van der Waals surface area contributed by atoms with Crippen LogP contribution in [0.3, 0.4) is 0 Å². The van der Waals surface area contributed by atoms with Crippen LogP contribution in [0.2, 0.25) is 5.02 Å². The van der Waals surface area contributed by atoms with E-state index in [1.807, 2.05) is 48.2 Å². The van der Waals surface area contributed by atoms with Crippen molar-refractivity contribution >= 4 is 47.2 Å². The van der Waals surface area contributed by atoms with Gasteiger partial charge in [0.05, 0.1) is 18.3 Å². The van der Waals surface area contributed by atoms with Crippen molar-refractivity contribution in [2.24, 2.45) is 4.99 Å². The van der Waals surface area contributed by atoms with E-state index in [0.717, 1.165) is 17.7 Å². The lowest BCUT2D eigenvalue weighted by atomic mass is 10.1. The fourth-order valence-electron chi connectivity index (χ4n) is 3.36. The summed E-state index contributed by atoms with van der Waals surface area (Å²) in [6.45, 7) is 5.06. The maximum absolute atomic E-state index is 14.6. The van der Waals surface area contributed by atoms with Gasteiger partial charge < -0.3 is 20.6 Å². The molecule has 0 saturated carbocycles. The molecule has 1 fully saturated rings. The van der Waals surface area contributed by atoms with Crippen LogP contribution < -0.4 is 15.5 Å². The summed E-state index contributed by atoms with van der Waals surface area (Å²) in [6.07, 6.45) is 1.09. The number of hydrogen-bond donors (Lipinski definition) is 3. The van der Waals surface area contributed by atoms with E-state index < -0.39 is 0 Å². The SMILES string of the molecule is CCNC(=NCc1cccc(Cl)c1)NCc1ccc(N2CCC(O)CC2)c(F)c1.I. The maximum atomic E-state index is 14.6. The molecule has 8 heteroatoms. The van der Waals surface area contributed by atoms with Gasteiger partial charge in [-0.1, -0.05) is 29.8 Å². The van der Waals surface area contributed by atoms with Crippen LogP contribution in [-0.2, 0) is 13.1 Å². The molecule has 0 radical (unpaired) electrons. The minimum absolute atomic E-state index is 0. The summed E-state index contributed by atoms with van der Waals surface area (Å²) in [7, 11) is 0. The van der Waals surface area contributed by atoms with Crippen LogP contribution in [-0.4, -0.2) is 36.8 Å². The molecule has 164 valence electrons. The van der Waals surface area contributed by atoms with Gasteiger partial charge in [0.2, 0.25) is 0 Å². The van der Waals surface area contributed by atoms with Crippen LogP contribution in [0, 0.1) is 5.82 Å². The van der Waals surface area contributed by atoms with Gasteiger partial charge in [0.25, 0.3) is 0 Å². The van der Waals surface area contributed by atoms with E-state index in [0.29, 0.717) is 55.7 Å². The second-order valence-electron chi connectivity index (χ2n) is 7.18. The molecule has 1 aliphatic rings. The fourth-order valence-corrected chi connectivity index (χ4v) is 3.57. The number of nitrogens with one attached hydrogen (secondary N) is 2. The Hall–Kier alpha value is -1.58. The second kappa shape index (κ2) is 12.3. The molecule has 0 amide bonds. The number of hydrogen-bond acceptors (Lipinski definition) is 3. The first-order valence-corrected chi connectivity index (χ1v) is 10.4. The molecule has 0 unspecified atom stereocenters. The van der Waals surface area contributed by atoms with Gasteiger partial charge in [0, 0.05) is 31.2 Å². The molecule has 2 aromatic carbocycles. The standard InChI is InChI=1S/C22H28ClFN4O.HI/c1-2-25-22(26-14-16-4-3-5-18(23)12-16)27-15-17-6-7-21(20(24)13-17)28-10-8-19(29)9-11-28;/h3-7,12-13,19,29H,2,8-11,14-15H2,1H3,(H2,25,26,27);1H. The number of guanidine groups is 1. The van der Waals surface area contributed by atoms with Crippen molar-refractivity contribution in [3.05, 3.63) is 64.4 Å². The fraction of sp³-hybridized carbons (Fsp3) is 0.409. The molecule has 1 heterocycles. The summed E-state index contributed by atoms with van der Waals surface area (Å²) in [5.41, 5.74) is 2.47. The summed E-state index contributed by atoms with van der Waals surface area (Å²) in [5.74, 6) is 0.434. The van der Waals surface area contributed by atoms with E-state index in [1.165, 1.54) is 0 Å². The van der Waals surface area contributed by atoms with Crippen LogP contribution in [0.25, 0.3) is 0 Å². The number of piperidine rings is 1. The van der Waals surface area contributed by atoms with E-state index >= 15 is 0 Å². The Morgan fingerprint density at radius 2 is 1.93 bits per heavy atom. The first-order chi connectivity index (χ1) is 14.0. The summed E-state index contributed by atoms with van der Waals surface area (Å²) < 4.78 is 14.6. The van der Waals surface area contributed by atoms with Gasteiger partial charge in [0.1, 0.15) is 5.82 Å². The van der Waals surface area contributed by atoms with Crippen LogP contribution >= 0.6 is 35.6 Å². The number of aliphatic hydroxyl groups is 1. The quantitative estimate of drug-likeness (QED) is 0.287. The number of nitrogens with zero attached hydrogens (tertiary/aromatic N) is 2. The predicted molar refractivity (Wildman–Crippen MR) is 132 cm³/mol. The number of anilines is 1. The number of rotatable bonds is 6. The van der Waals surface area contributed by atoms with Gasteiger partial charge in [-0.2, -0.15) is 0 Å². The third-order valence-corrected chi connectivity index (χ3v) is 5.17. The monoisotopic (exact) mass is 546 g/mol. The summed E-state index contributed by atoms with van der Waals surface area (Å²) in [4.78, 5) is 6.57. The molecule has 5 nitrogen and oxygen atoms in total. The third kappa shape index (κ3) is 7.28. The lowest BCUT2D eigenvalue weighted by molar-refractivity contribution is 0.145. The highest BCUT2D eigenvalue weighted by Gasteiger charge is 2.19. The number of aliphatic hydroxyl groups excluding tert-OH is 1. The molecule has 0 bridgehead atoms. The van der Waals surface area contributed by atoms with Crippen molar-refractivity contribution in [3.63, 3.8) is 0 Å². The van der Waals surface area contributed by atoms with Gasteiger partial charge in [-0.15, -0.1) is 24.0 Å². The van der Waals surface area contributed by atoms with Gasteiger partial charge in [-0.3, -0.25) is 0 Å². The van der Waals surface area contributed by atoms with Crippen molar-refractivity contribution in [3.8, 4) is 0 Å². The largest absolute Gasteiger partial charge is 0.393 e. The first kappa shape index (κ1) is 24.7. The highest BCUT2D eigenvalue weighted by Crippen LogP contribution is 2.24. The summed E-state index contributed by atoms with van der Waals surface area (Å²) in [6, 6.07) is 12.9. The molecule has 3 rings (SSSR count). The Balaban J connectivity index is 0.00000320. The van der Waals surface area contributed by atoms with E-state index in [1.54, 1.807) is 6.07 Å². The van der Waals surface area contributed by atoms with Crippen molar-refractivity contribution in [1.29, 1.82) is 0 Å². The van der Waals surface area contributed by atoms with Gasteiger partial charge >= 0.3 is 0 Å². The minimum atomic E-state index is -0.270. The maximum Gasteiger partial charge on any atom is 0.191 e. The Bertz CT molecular complexity index is 844. The average Bonchev–Trinajstić information content (AvgIpc) is 2.71. The zero-order valence-corrected chi connectivity index (χ0v) is 20.2. The Morgan fingerprint density at radius 1 is 1.17 bits per heavy atom. The predicted octanol–water partition coefficient (Wildman–Crippen LogP) is 4.31. The molecular weight excluding hydrogens is 518 g/mol. The average molecular weight is 547 g/mol. The van der Waals surface area contributed by atoms with E-state index in [2.05, 4.69) is 15.6 Å². The van der Waals surface area contributed by atoms with Crippen LogP contribution in [0.15, 0.2) is 47.5 Å². The zero-order valence-electron chi connectivity index (χ0n) is 17.1. The van der Waals surface area contributed by atoms with Crippen LogP contribution in [0.5, 0.6) is 0 Å². The van der Waals surface area contributed by atoms with Crippen LogP contribution in [0.1, 0.15) is 30.9 Å². The molecule has 1 saturated heterocycles. The second-order valence-corrected chi connectivity index (χ2v) is 7.62. The minimum Gasteiger partial charge on any atom is -0.393 e. The van der Waals surface area contributed by atoms with E-state index in [4.69, 9.17) is 11.6 Å². The highest BCUT2D eigenvalue weighted by atomic mass is 127. The molecular formula is C22H29ClFIN4O. The molecule has 30 heavy (non-hydrogen) atoms. The number of benzene rings is 2. The molecule has 0 aliphatic carbocycles. The van der Waals surface area contributed by atoms with Crippen molar-refractivity contribution in [1.82, 2.24) is 10.6 Å². The summed E-state index contributed by atoms with van der Waals surface area (Å²) in [5, 5.41) is 16.8. The number of halogens is 3. The lowest BCUT2D eigenvalue weighted by Crippen LogP contribution is -2.37. The molecule has 0 spiro atoms.